The number of fused-ring (bicyclic) bond motifs is 3. The molecule has 4 aromatic rings. The van der Waals surface area contributed by atoms with Crippen LogP contribution in [-0.4, -0.2) is 39.1 Å². The number of halogens is 1. The van der Waals surface area contributed by atoms with E-state index in [1.165, 1.54) is 28.9 Å². The summed E-state index contributed by atoms with van der Waals surface area (Å²) in [5.74, 6) is 0.408. The lowest BCUT2D eigenvalue weighted by molar-refractivity contribution is -0.118. The van der Waals surface area contributed by atoms with Crippen LogP contribution < -0.4 is 15.7 Å². The van der Waals surface area contributed by atoms with Gasteiger partial charge in [-0.1, -0.05) is 27.7 Å². The fourth-order valence-electron chi connectivity index (χ4n) is 4.33. The molecule has 0 radical (unpaired) electrons. The van der Waals surface area contributed by atoms with Crippen LogP contribution in [0.25, 0.3) is 15.9 Å². The zero-order valence-corrected chi connectivity index (χ0v) is 23.8. The minimum Gasteiger partial charge on any atom is -0.507 e. The predicted molar refractivity (Wildman–Crippen MR) is 155 cm³/mol. The molecule has 0 saturated heterocycles. The number of carbonyl (C=O) groups is 1. The second-order valence-electron chi connectivity index (χ2n) is 8.64. The minimum absolute atomic E-state index is 0.00186. The summed E-state index contributed by atoms with van der Waals surface area (Å²) in [6.45, 7) is 2.47. The van der Waals surface area contributed by atoms with Gasteiger partial charge in [0.2, 0.25) is 0 Å². The van der Waals surface area contributed by atoms with E-state index >= 15 is 0 Å². The summed E-state index contributed by atoms with van der Waals surface area (Å²) in [6.07, 6.45) is 5.41. The molecule has 1 aliphatic carbocycles. The third-order valence-electron chi connectivity index (χ3n) is 6.08. The van der Waals surface area contributed by atoms with Crippen molar-refractivity contribution in [3.63, 3.8) is 0 Å². The number of hydrazone groups is 1. The van der Waals surface area contributed by atoms with Crippen LogP contribution in [-0.2, 0) is 17.6 Å². The second-order valence-corrected chi connectivity index (χ2v) is 11.6. The third-order valence-corrected chi connectivity index (χ3v) is 8.70. The van der Waals surface area contributed by atoms with Crippen LogP contribution >= 0.6 is 39.0 Å². The van der Waals surface area contributed by atoms with E-state index in [0.29, 0.717) is 34.1 Å². The molecule has 0 atom stereocenters. The molecule has 0 spiro atoms. The fourth-order valence-corrected chi connectivity index (χ4v) is 6.82. The van der Waals surface area contributed by atoms with Gasteiger partial charge in [-0.3, -0.25) is 14.2 Å². The largest absolute Gasteiger partial charge is 0.507 e. The number of phenolic OH excluding ortho intramolecular Hbond substituents is 1. The highest BCUT2D eigenvalue weighted by Crippen LogP contribution is 2.35. The van der Waals surface area contributed by atoms with Gasteiger partial charge in [-0.2, -0.15) is 5.10 Å². The zero-order chi connectivity index (χ0) is 26.6. The van der Waals surface area contributed by atoms with Gasteiger partial charge in [-0.05, 0) is 80.6 Å². The van der Waals surface area contributed by atoms with E-state index in [1.54, 1.807) is 28.0 Å². The van der Waals surface area contributed by atoms with Crippen molar-refractivity contribution in [3.05, 3.63) is 73.3 Å². The summed E-state index contributed by atoms with van der Waals surface area (Å²) >= 11 is 6.10. The number of carbonyl (C=O) groups excluding carboxylic acids is 1. The Bertz CT molecular complexity index is 1580. The van der Waals surface area contributed by atoms with Gasteiger partial charge in [0, 0.05) is 14.9 Å². The molecule has 0 aliphatic heterocycles. The van der Waals surface area contributed by atoms with Crippen molar-refractivity contribution in [2.24, 2.45) is 5.10 Å². The standard InChI is InChI=1S/C27H25BrN4O4S2/c1-2-36-19-10-8-18(9-11-19)32-26(35)24-20-5-3-4-6-22(20)38-25(24)30-27(32)37-15-23(34)31-29-14-16-13-17(28)7-12-21(16)33/h7-14,33H,2-6,15H2,1H3,(H,31,34)/b29-14+. The lowest BCUT2D eigenvalue weighted by Crippen LogP contribution is -2.24. The van der Waals surface area contributed by atoms with Crippen molar-refractivity contribution in [3.8, 4) is 17.2 Å². The highest BCUT2D eigenvalue weighted by Gasteiger charge is 2.23. The molecule has 196 valence electrons. The Labute approximate surface area is 235 Å². The van der Waals surface area contributed by atoms with Crippen LogP contribution in [0.1, 0.15) is 35.8 Å². The molecule has 2 aromatic carbocycles. The van der Waals surface area contributed by atoms with Crippen molar-refractivity contribution in [1.29, 1.82) is 0 Å². The number of aromatic nitrogens is 2. The Kier molecular flexibility index (Phi) is 8.15. The number of nitrogens with zero attached hydrogens (tertiary/aromatic N) is 3. The molecule has 2 N–H and O–H groups in total. The maximum atomic E-state index is 13.9. The molecular formula is C27H25BrN4O4S2. The number of phenols is 1. The molecule has 8 nitrogen and oxygen atoms in total. The Balaban J connectivity index is 1.43. The number of thioether (sulfide) groups is 1. The third kappa shape index (κ3) is 5.64. The van der Waals surface area contributed by atoms with E-state index in [4.69, 9.17) is 9.72 Å². The molecule has 1 aliphatic rings. The van der Waals surface area contributed by atoms with Gasteiger partial charge in [0.1, 0.15) is 16.3 Å². The average Bonchev–Trinajstić information content (AvgIpc) is 3.29. The zero-order valence-electron chi connectivity index (χ0n) is 20.6. The maximum absolute atomic E-state index is 13.9. The van der Waals surface area contributed by atoms with Crippen LogP contribution in [0, 0.1) is 0 Å². The summed E-state index contributed by atoms with van der Waals surface area (Å²) in [6, 6.07) is 12.2. The molecule has 1 amide bonds. The van der Waals surface area contributed by atoms with Gasteiger partial charge in [0.05, 0.1) is 29.6 Å². The fraction of sp³-hybridized carbons (Fsp3) is 0.259. The Morgan fingerprint density at radius 1 is 1.26 bits per heavy atom. The van der Waals surface area contributed by atoms with Crippen molar-refractivity contribution in [1.82, 2.24) is 15.0 Å². The lowest BCUT2D eigenvalue weighted by atomic mass is 9.97. The highest BCUT2D eigenvalue weighted by atomic mass is 79.9. The number of aromatic hydroxyl groups is 1. The van der Waals surface area contributed by atoms with Gasteiger partial charge < -0.3 is 9.84 Å². The van der Waals surface area contributed by atoms with Gasteiger partial charge >= 0.3 is 0 Å². The van der Waals surface area contributed by atoms with Gasteiger partial charge in [-0.25, -0.2) is 10.4 Å². The summed E-state index contributed by atoms with van der Waals surface area (Å²) < 4.78 is 7.92. The molecule has 2 heterocycles. The van der Waals surface area contributed by atoms with Crippen LogP contribution in [0.4, 0.5) is 0 Å². The summed E-state index contributed by atoms with van der Waals surface area (Å²) in [5, 5.41) is 15.0. The van der Waals surface area contributed by atoms with Crippen molar-refractivity contribution >= 4 is 61.4 Å². The van der Waals surface area contributed by atoms with E-state index in [2.05, 4.69) is 26.5 Å². The molecule has 0 bridgehead atoms. The van der Waals surface area contributed by atoms with Crippen molar-refractivity contribution < 1.29 is 14.6 Å². The van der Waals surface area contributed by atoms with E-state index in [0.717, 1.165) is 40.5 Å². The number of amides is 1. The van der Waals surface area contributed by atoms with E-state index < -0.39 is 0 Å². The Hall–Kier alpha value is -3.15. The SMILES string of the molecule is CCOc1ccc(-n2c(SCC(=O)N/N=C/c3cc(Br)ccc3O)nc3sc4c(c3c2=O)CCCC4)cc1. The first-order valence-electron chi connectivity index (χ1n) is 12.2. The van der Waals surface area contributed by atoms with Gasteiger partial charge in [-0.15, -0.1) is 11.3 Å². The van der Waals surface area contributed by atoms with Crippen LogP contribution in [0.5, 0.6) is 11.5 Å². The number of hydrogen-bond acceptors (Lipinski definition) is 8. The van der Waals surface area contributed by atoms with E-state index in [1.807, 2.05) is 31.2 Å². The molecule has 38 heavy (non-hydrogen) atoms. The molecule has 0 saturated carbocycles. The summed E-state index contributed by atoms with van der Waals surface area (Å²) in [4.78, 5) is 33.3. The smallest absolute Gasteiger partial charge is 0.267 e. The number of hydrogen-bond donors (Lipinski definition) is 2. The number of ether oxygens (including phenoxy) is 1. The van der Waals surface area contributed by atoms with Crippen LogP contribution in [0.2, 0.25) is 0 Å². The minimum atomic E-state index is -0.362. The number of thiophene rings is 1. The second kappa shape index (κ2) is 11.7. The van der Waals surface area contributed by atoms with E-state index in [9.17, 15) is 14.7 Å². The monoisotopic (exact) mass is 612 g/mol. The molecule has 5 rings (SSSR count). The van der Waals surface area contributed by atoms with Crippen LogP contribution in [0.3, 0.4) is 0 Å². The molecule has 2 aromatic heterocycles. The molecule has 11 heteroatoms. The number of aryl methyl sites for hydroxylation is 2. The Morgan fingerprint density at radius 3 is 2.84 bits per heavy atom. The first-order chi connectivity index (χ1) is 18.4. The van der Waals surface area contributed by atoms with Crippen LogP contribution in [0.15, 0.2) is 62.0 Å². The van der Waals surface area contributed by atoms with Crippen molar-refractivity contribution in [2.45, 2.75) is 37.8 Å². The first-order valence-corrected chi connectivity index (χ1v) is 14.8. The van der Waals surface area contributed by atoms with Crippen molar-refractivity contribution in [2.75, 3.05) is 12.4 Å². The lowest BCUT2D eigenvalue weighted by Gasteiger charge is -2.14. The number of nitrogens with one attached hydrogen (secondary N) is 1. The quantitative estimate of drug-likeness (QED) is 0.119. The predicted octanol–water partition coefficient (Wildman–Crippen LogP) is 5.44. The highest BCUT2D eigenvalue weighted by molar-refractivity contribution is 9.10. The molecular weight excluding hydrogens is 588 g/mol. The van der Waals surface area contributed by atoms with Gasteiger partial charge in [0.25, 0.3) is 11.5 Å². The molecule has 0 fully saturated rings. The Morgan fingerprint density at radius 2 is 2.05 bits per heavy atom. The normalized spacial score (nSPS) is 13.1. The first kappa shape index (κ1) is 26.5. The average molecular weight is 614 g/mol. The van der Waals surface area contributed by atoms with Gasteiger partial charge in [0.15, 0.2) is 5.16 Å². The maximum Gasteiger partial charge on any atom is 0.267 e. The summed E-state index contributed by atoms with van der Waals surface area (Å²) in [7, 11) is 0. The van der Waals surface area contributed by atoms with E-state index in [-0.39, 0.29) is 23.0 Å². The summed E-state index contributed by atoms with van der Waals surface area (Å²) in [5.41, 5.74) is 4.60. The topological polar surface area (TPSA) is 106 Å². The number of rotatable bonds is 8. The molecule has 0 unspecified atom stereocenters. The number of benzene rings is 2.